The van der Waals surface area contributed by atoms with E-state index in [0.29, 0.717) is 22.7 Å². The Kier molecular flexibility index (Phi) is 6.24. The average molecular weight is 424 g/mol. The number of fused-ring (bicyclic) bond motifs is 1. The van der Waals surface area contributed by atoms with Crippen LogP contribution in [0.3, 0.4) is 0 Å². The van der Waals surface area contributed by atoms with Crippen molar-refractivity contribution in [2.75, 3.05) is 19.1 Å². The summed E-state index contributed by atoms with van der Waals surface area (Å²) < 4.78 is 18.5. The molecule has 0 saturated carbocycles. The molecule has 0 atom stereocenters. The molecule has 1 heterocycles. The molecule has 2 aromatic carbocycles. The highest BCUT2D eigenvalue weighted by Crippen LogP contribution is 2.30. The molecule has 164 valence electrons. The summed E-state index contributed by atoms with van der Waals surface area (Å²) >= 11 is 0. The van der Waals surface area contributed by atoms with E-state index in [9.17, 15) is 9.59 Å². The second-order valence-corrected chi connectivity index (χ2v) is 8.21. The van der Waals surface area contributed by atoms with Crippen LogP contribution in [0.5, 0.6) is 11.5 Å². The Morgan fingerprint density at radius 3 is 2.32 bits per heavy atom. The minimum Gasteiger partial charge on any atom is -0.495 e. The molecular formula is C24H28N2O5. The molecule has 0 unspecified atom stereocenters. The van der Waals surface area contributed by atoms with Crippen LogP contribution >= 0.6 is 0 Å². The normalized spacial score (nSPS) is 11.3. The number of rotatable bonds is 5. The third-order valence-corrected chi connectivity index (χ3v) is 4.74. The molecule has 0 aliphatic rings. The maximum absolute atomic E-state index is 13.0. The van der Waals surface area contributed by atoms with Gasteiger partial charge in [-0.2, -0.15) is 0 Å². The van der Waals surface area contributed by atoms with E-state index in [1.807, 2.05) is 51.1 Å². The van der Waals surface area contributed by atoms with Gasteiger partial charge in [-0.3, -0.25) is 4.79 Å². The van der Waals surface area contributed by atoms with Gasteiger partial charge < -0.3 is 19.1 Å². The Balaban J connectivity index is 1.92. The summed E-state index contributed by atoms with van der Waals surface area (Å²) in [6.07, 6.45) is -0.496. The van der Waals surface area contributed by atoms with Crippen LogP contribution in [0, 0.1) is 0 Å². The molecule has 7 heteroatoms. The topological polar surface area (TPSA) is 70.0 Å². The van der Waals surface area contributed by atoms with Gasteiger partial charge in [0.1, 0.15) is 29.2 Å². The fourth-order valence-electron chi connectivity index (χ4n) is 3.17. The standard InChI is InChI=1S/C24H28N2O5/c1-16(27)25(5)18-10-12-20(13-11-18)30-15-19-14-17-8-7-9-21(29-6)22(17)26(19)23(28)31-24(2,3)4/h7-14H,15H2,1-6H3. The maximum atomic E-state index is 13.0. The van der Waals surface area contributed by atoms with E-state index in [1.54, 1.807) is 37.3 Å². The van der Waals surface area contributed by atoms with E-state index in [1.165, 1.54) is 11.5 Å². The number of benzene rings is 2. The summed E-state index contributed by atoms with van der Waals surface area (Å²) in [6, 6.07) is 14.7. The fourth-order valence-corrected chi connectivity index (χ4v) is 3.17. The fraction of sp³-hybridized carbons (Fsp3) is 0.333. The lowest BCUT2D eigenvalue weighted by atomic mass is 10.2. The number of anilines is 1. The smallest absolute Gasteiger partial charge is 0.419 e. The lowest BCUT2D eigenvalue weighted by Gasteiger charge is -2.21. The van der Waals surface area contributed by atoms with Crippen molar-refractivity contribution in [3.05, 3.63) is 54.2 Å². The van der Waals surface area contributed by atoms with Crippen molar-refractivity contribution in [2.45, 2.75) is 39.9 Å². The summed E-state index contributed by atoms with van der Waals surface area (Å²) in [5.41, 5.74) is 1.40. The van der Waals surface area contributed by atoms with Crippen molar-refractivity contribution in [1.82, 2.24) is 4.57 Å². The molecule has 1 amide bonds. The molecule has 7 nitrogen and oxygen atoms in total. The van der Waals surface area contributed by atoms with Gasteiger partial charge in [-0.05, 0) is 57.2 Å². The van der Waals surface area contributed by atoms with E-state index in [2.05, 4.69) is 0 Å². The van der Waals surface area contributed by atoms with Crippen molar-refractivity contribution in [3.63, 3.8) is 0 Å². The summed E-state index contributed by atoms with van der Waals surface area (Å²) in [4.78, 5) is 26.1. The van der Waals surface area contributed by atoms with Gasteiger partial charge >= 0.3 is 6.09 Å². The van der Waals surface area contributed by atoms with Crippen LogP contribution in [0.25, 0.3) is 10.9 Å². The molecule has 1 aromatic heterocycles. The largest absolute Gasteiger partial charge is 0.495 e. The van der Waals surface area contributed by atoms with E-state index in [4.69, 9.17) is 14.2 Å². The summed E-state index contributed by atoms with van der Waals surface area (Å²) in [6.45, 7) is 7.13. The SMILES string of the molecule is COc1cccc2cc(COc3ccc(N(C)C(C)=O)cc3)n(C(=O)OC(C)(C)C)c12. The van der Waals surface area contributed by atoms with Crippen LogP contribution in [0.15, 0.2) is 48.5 Å². The predicted molar refractivity (Wildman–Crippen MR) is 120 cm³/mol. The number of amides is 1. The highest BCUT2D eigenvalue weighted by Gasteiger charge is 2.24. The first kappa shape index (κ1) is 22.2. The third kappa shape index (κ3) is 4.99. The third-order valence-electron chi connectivity index (χ3n) is 4.74. The zero-order valence-corrected chi connectivity index (χ0v) is 18.8. The second kappa shape index (κ2) is 8.71. The van der Waals surface area contributed by atoms with E-state index in [-0.39, 0.29) is 12.5 Å². The number of hydrogen-bond acceptors (Lipinski definition) is 5. The van der Waals surface area contributed by atoms with Crippen molar-refractivity contribution in [3.8, 4) is 11.5 Å². The minimum absolute atomic E-state index is 0.0514. The minimum atomic E-state index is -0.646. The molecule has 0 aliphatic heterocycles. The van der Waals surface area contributed by atoms with Crippen molar-refractivity contribution in [1.29, 1.82) is 0 Å². The van der Waals surface area contributed by atoms with Crippen LogP contribution < -0.4 is 14.4 Å². The van der Waals surface area contributed by atoms with Gasteiger partial charge in [-0.15, -0.1) is 0 Å². The number of methoxy groups -OCH3 is 1. The quantitative estimate of drug-likeness (QED) is 0.577. The maximum Gasteiger partial charge on any atom is 0.419 e. The van der Waals surface area contributed by atoms with Gasteiger partial charge in [-0.25, -0.2) is 9.36 Å². The number of carbonyl (C=O) groups excluding carboxylic acids is 2. The van der Waals surface area contributed by atoms with E-state index >= 15 is 0 Å². The summed E-state index contributed by atoms with van der Waals surface area (Å²) in [5, 5.41) is 0.849. The Morgan fingerprint density at radius 2 is 1.74 bits per heavy atom. The predicted octanol–water partition coefficient (Wildman–Crippen LogP) is 4.99. The molecule has 0 spiro atoms. The van der Waals surface area contributed by atoms with Gasteiger partial charge in [0.15, 0.2) is 0 Å². The van der Waals surface area contributed by atoms with Gasteiger partial charge in [0, 0.05) is 25.0 Å². The molecule has 0 N–H and O–H groups in total. The summed E-state index contributed by atoms with van der Waals surface area (Å²) in [7, 11) is 3.28. The number of carbonyl (C=O) groups is 2. The van der Waals surface area contributed by atoms with Crippen molar-refractivity contribution < 1.29 is 23.8 Å². The van der Waals surface area contributed by atoms with Gasteiger partial charge in [0.25, 0.3) is 0 Å². The highest BCUT2D eigenvalue weighted by molar-refractivity contribution is 5.95. The number of hydrogen-bond donors (Lipinski definition) is 0. The van der Waals surface area contributed by atoms with Gasteiger partial charge in [-0.1, -0.05) is 12.1 Å². The van der Waals surface area contributed by atoms with Crippen LogP contribution in [-0.4, -0.2) is 36.3 Å². The zero-order valence-electron chi connectivity index (χ0n) is 18.8. The Morgan fingerprint density at radius 1 is 1.06 bits per heavy atom. The highest BCUT2D eigenvalue weighted by atomic mass is 16.6. The van der Waals surface area contributed by atoms with E-state index < -0.39 is 11.7 Å². The number of ether oxygens (including phenoxy) is 3. The lowest BCUT2D eigenvalue weighted by molar-refractivity contribution is -0.116. The Hall–Kier alpha value is -3.48. The monoisotopic (exact) mass is 424 g/mol. The lowest BCUT2D eigenvalue weighted by Crippen LogP contribution is -2.28. The zero-order chi connectivity index (χ0) is 22.8. The molecule has 0 saturated heterocycles. The molecule has 0 radical (unpaired) electrons. The number of aromatic nitrogens is 1. The average Bonchev–Trinajstić information content (AvgIpc) is 3.09. The van der Waals surface area contributed by atoms with Crippen LogP contribution in [0.2, 0.25) is 0 Å². The van der Waals surface area contributed by atoms with E-state index in [0.717, 1.165) is 11.1 Å². The van der Waals surface area contributed by atoms with Crippen molar-refractivity contribution in [2.24, 2.45) is 0 Å². The summed E-state index contributed by atoms with van der Waals surface area (Å²) in [5.74, 6) is 1.14. The molecule has 0 aliphatic carbocycles. The first-order valence-corrected chi connectivity index (χ1v) is 9.98. The van der Waals surface area contributed by atoms with Gasteiger partial charge in [0.05, 0.1) is 12.8 Å². The molecule has 3 aromatic rings. The van der Waals surface area contributed by atoms with Crippen LogP contribution in [0.1, 0.15) is 33.4 Å². The van der Waals surface area contributed by atoms with Crippen molar-refractivity contribution >= 4 is 28.6 Å². The molecular weight excluding hydrogens is 396 g/mol. The molecule has 0 fully saturated rings. The number of nitrogens with zero attached hydrogens (tertiary/aromatic N) is 2. The van der Waals surface area contributed by atoms with Gasteiger partial charge in [0.2, 0.25) is 5.91 Å². The first-order valence-electron chi connectivity index (χ1n) is 9.98. The molecule has 3 rings (SSSR count). The first-order chi connectivity index (χ1) is 14.6. The second-order valence-electron chi connectivity index (χ2n) is 8.21. The number of para-hydroxylation sites is 1. The molecule has 31 heavy (non-hydrogen) atoms. The Labute approximate surface area is 182 Å². The van der Waals surface area contributed by atoms with Crippen LogP contribution in [0.4, 0.5) is 10.5 Å². The Bertz CT molecular complexity index is 1090. The molecule has 0 bridgehead atoms. The van der Waals surface area contributed by atoms with Crippen LogP contribution in [-0.2, 0) is 16.1 Å².